The molecule has 1 aromatic carbocycles. The minimum absolute atomic E-state index is 0.0366. The average molecular weight is 472 g/mol. The molecule has 1 aliphatic heterocycles. The van der Waals surface area contributed by atoms with E-state index in [4.69, 9.17) is 14.0 Å². The van der Waals surface area contributed by atoms with Crippen molar-refractivity contribution in [3.05, 3.63) is 53.4 Å². The third-order valence-corrected chi connectivity index (χ3v) is 5.27. The highest BCUT2D eigenvalue weighted by Crippen LogP contribution is 2.29. The number of methoxy groups -OCH3 is 1. The number of hydrogen-bond donors (Lipinski definition) is 3. The van der Waals surface area contributed by atoms with Crippen LogP contribution >= 0.6 is 0 Å². The molecule has 1 aromatic heterocycles. The topological polar surface area (TPSA) is 152 Å². The first-order valence-electron chi connectivity index (χ1n) is 10.7. The van der Waals surface area contributed by atoms with Crippen molar-refractivity contribution in [2.45, 2.75) is 38.0 Å². The number of aryl methyl sites for hydroxylation is 1. The van der Waals surface area contributed by atoms with E-state index in [1.165, 1.54) is 13.2 Å². The molecular formula is C23H28N4O7. The SMILES string of the molecule is COC[C@H](NC(=O)CNC(=O)c1cc(C)on1)C(=O)N[C@@H](Cc1ccccc1)C(=O)[C@@]1(C)CO1. The summed E-state index contributed by atoms with van der Waals surface area (Å²) in [5, 5.41) is 11.2. The van der Waals surface area contributed by atoms with Gasteiger partial charge in [-0.2, -0.15) is 0 Å². The molecule has 34 heavy (non-hydrogen) atoms. The number of rotatable bonds is 12. The molecular weight excluding hydrogens is 444 g/mol. The molecule has 1 saturated heterocycles. The Balaban J connectivity index is 1.61. The smallest absolute Gasteiger partial charge is 0.273 e. The van der Waals surface area contributed by atoms with Gasteiger partial charge in [0.15, 0.2) is 11.5 Å². The van der Waals surface area contributed by atoms with Crippen LogP contribution in [0.4, 0.5) is 0 Å². The van der Waals surface area contributed by atoms with E-state index in [1.807, 2.05) is 30.3 Å². The molecule has 0 radical (unpaired) electrons. The maximum Gasteiger partial charge on any atom is 0.273 e. The Morgan fingerprint density at radius 1 is 1.15 bits per heavy atom. The van der Waals surface area contributed by atoms with Gasteiger partial charge in [-0.3, -0.25) is 19.2 Å². The number of carbonyl (C=O) groups is 4. The number of nitrogens with zero attached hydrogens (tertiary/aromatic N) is 1. The lowest BCUT2D eigenvalue weighted by Gasteiger charge is -2.24. The van der Waals surface area contributed by atoms with Crippen molar-refractivity contribution in [2.24, 2.45) is 0 Å². The maximum atomic E-state index is 13.0. The first-order chi connectivity index (χ1) is 16.2. The third kappa shape index (κ3) is 6.72. The average Bonchev–Trinajstić information content (AvgIpc) is 3.42. The molecule has 182 valence electrons. The van der Waals surface area contributed by atoms with Crippen molar-refractivity contribution in [3.63, 3.8) is 0 Å². The van der Waals surface area contributed by atoms with E-state index < -0.39 is 42.0 Å². The van der Waals surface area contributed by atoms with Crippen LogP contribution in [0.1, 0.15) is 28.7 Å². The van der Waals surface area contributed by atoms with Crippen molar-refractivity contribution in [1.82, 2.24) is 21.1 Å². The van der Waals surface area contributed by atoms with E-state index in [0.29, 0.717) is 5.76 Å². The van der Waals surface area contributed by atoms with Gasteiger partial charge in [-0.25, -0.2) is 0 Å². The van der Waals surface area contributed by atoms with Crippen LogP contribution in [0, 0.1) is 6.92 Å². The van der Waals surface area contributed by atoms with Gasteiger partial charge in [-0.1, -0.05) is 35.5 Å². The summed E-state index contributed by atoms with van der Waals surface area (Å²) >= 11 is 0. The summed E-state index contributed by atoms with van der Waals surface area (Å²) in [5.41, 5.74) is -0.0331. The highest BCUT2D eigenvalue weighted by atomic mass is 16.6. The summed E-state index contributed by atoms with van der Waals surface area (Å²) in [6.07, 6.45) is 0.269. The van der Waals surface area contributed by atoms with Gasteiger partial charge >= 0.3 is 0 Å². The second-order valence-corrected chi connectivity index (χ2v) is 8.22. The second-order valence-electron chi connectivity index (χ2n) is 8.22. The van der Waals surface area contributed by atoms with E-state index in [9.17, 15) is 19.2 Å². The normalized spacial score (nSPS) is 18.4. The van der Waals surface area contributed by atoms with E-state index in [2.05, 4.69) is 21.1 Å². The summed E-state index contributed by atoms with van der Waals surface area (Å²) in [6.45, 7) is 3.07. The molecule has 3 amide bonds. The number of carbonyl (C=O) groups excluding carboxylic acids is 4. The molecule has 11 nitrogen and oxygen atoms in total. The molecule has 2 aromatic rings. The van der Waals surface area contributed by atoms with Gasteiger partial charge in [0.05, 0.1) is 25.8 Å². The van der Waals surface area contributed by atoms with Crippen LogP contribution in [0.25, 0.3) is 0 Å². The number of epoxide rings is 1. The van der Waals surface area contributed by atoms with Gasteiger partial charge in [0.2, 0.25) is 11.8 Å². The number of nitrogens with one attached hydrogen (secondary N) is 3. The van der Waals surface area contributed by atoms with Gasteiger partial charge in [0, 0.05) is 13.2 Å². The van der Waals surface area contributed by atoms with Crippen LogP contribution in [-0.2, 0) is 30.3 Å². The number of ketones is 1. The lowest BCUT2D eigenvalue weighted by atomic mass is 9.94. The zero-order valence-electron chi connectivity index (χ0n) is 19.3. The second kappa shape index (κ2) is 11.0. The van der Waals surface area contributed by atoms with Crippen LogP contribution in [0.5, 0.6) is 0 Å². The monoisotopic (exact) mass is 472 g/mol. The lowest BCUT2D eigenvalue weighted by Crippen LogP contribution is -2.56. The predicted octanol–water partition coefficient (Wildman–Crippen LogP) is -0.0705. The summed E-state index contributed by atoms with van der Waals surface area (Å²) in [4.78, 5) is 50.3. The Morgan fingerprint density at radius 2 is 1.85 bits per heavy atom. The molecule has 3 atom stereocenters. The van der Waals surface area contributed by atoms with Gasteiger partial charge in [0.25, 0.3) is 5.91 Å². The van der Waals surface area contributed by atoms with Crippen molar-refractivity contribution < 1.29 is 33.2 Å². The van der Waals surface area contributed by atoms with Crippen LogP contribution in [0.2, 0.25) is 0 Å². The van der Waals surface area contributed by atoms with Gasteiger partial charge < -0.3 is 29.9 Å². The summed E-state index contributed by atoms with van der Waals surface area (Å²) in [5.74, 6) is -1.59. The van der Waals surface area contributed by atoms with Crippen LogP contribution < -0.4 is 16.0 Å². The molecule has 3 rings (SSSR count). The minimum Gasteiger partial charge on any atom is -0.382 e. The molecule has 2 heterocycles. The molecule has 1 aliphatic rings. The van der Waals surface area contributed by atoms with Crippen molar-refractivity contribution in [2.75, 3.05) is 26.9 Å². The number of hydrogen-bond acceptors (Lipinski definition) is 8. The molecule has 1 fully saturated rings. The van der Waals surface area contributed by atoms with E-state index in [-0.39, 0.29) is 31.1 Å². The summed E-state index contributed by atoms with van der Waals surface area (Å²) in [7, 11) is 1.38. The van der Waals surface area contributed by atoms with Crippen molar-refractivity contribution >= 4 is 23.5 Å². The number of Topliss-reactive ketones (excluding diaryl/α,β-unsaturated/α-hetero) is 1. The standard InChI is InChI=1S/C23H28N4O7/c1-14-9-17(27-34-14)21(30)24-11-19(28)25-18(12-32-3)22(31)26-16(20(29)23(2)13-33-23)10-15-7-5-4-6-8-15/h4-9,16,18H,10-13H2,1-3H3,(H,24,30)(H,25,28)(H,26,31)/t16-,18-,23+/m0/s1. The fourth-order valence-electron chi connectivity index (χ4n) is 3.27. The molecule has 11 heteroatoms. The number of ether oxygens (including phenoxy) is 2. The highest BCUT2D eigenvalue weighted by molar-refractivity contribution is 5.99. The van der Waals surface area contributed by atoms with Gasteiger partial charge in [-0.05, 0) is 25.8 Å². The largest absolute Gasteiger partial charge is 0.382 e. The minimum atomic E-state index is -1.08. The number of amides is 3. The van der Waals surface area contributed by atoms with Crippen molar-refractivity contribution in [3.8, 4) is 0 Å². The Hall–Kier alpha value is -3.57. The number of benzene rings is 1. The molecule has 0 bridgehead atoms. The Bertz CT molecular complexity index is 1030. The number of aromatic nitrogens is 1. The quantitative estimate of drug-likeness (QED) is 0.363. The maximum absolute atomic E-state index is 13.0. The molecule has 0 spiro atoms. The zero-order valence-corrected chi connectivity index (χ0v) is 19.3. The molecule has 0 saturated carbocycles. The van der Waals surface area contributed by atoms with E-state index in [1.54, 1.807) is 13.8 Å². The van der Waals surface area contributed by atoms with E-state index >= 15 is 0 Å². The van der Waals surface area contributed by atoms with Crippen LogP contribution in [0.3, 0.4) is 0 Å². The first kappa shape index (κ1) is 25.1. The Morgan fingerprint density at radius 3 is 2.44 bits per heavy atom. The first-order valence-corrected chi connectivity index (χ1v) is 10.7. The fraction of sp³-hybridized carbons (Fsp3) is 0.435. The van der Waals surface area contributed by atoms with Gasteiger partial charge in [-0.15, -0.1) is 0 Å². The predicted molar refractivity (Wildman–Crippen MR) is 119 cm³/mol. The Labute approximate surface area is 196 Å². The lowest BCUT2D eigenvalue weighted by molar-refractivity contribution is -0.133. The Kier molecular flexibility index (Phi) is 8.13. The van der Waals surface area contributed by atoms with Crippen LogP contribution in [-0.4, -0.2) is 73.2 Å². The molecule has 3 N–H and O–H groups in total. The fourth-order valence-corrected chi connectivity index (χ4v) is 3.27. The van der Waals surface area contributed by atoms with Crippen LogP contribution in [0.15, 0.2) is 40.9 Å². The summed E-state index contributed by atoms with van der Waals surface area (Å²) in [6, 6.07) is 8.76. The van der Waals surface area contributed by atoms with Crippen molar-refractivity contribution in [1.29, 1.82) is 0 Å². The molecule has 0 aliphatic carbocycles. The van der Waals surface area contributed by atoms with Gasteiger partial charge in [0.1, 0.15) is 17.4 Å². The zero-order chi connectivity index (χ0) is 24.7. The highest BCUT2D eigenvalue weighted by Gasteiger charge is 2.50. The molecule has 0 unspecified atom stereocenters. The third-order valence-electron chi connectivity index (χ3n) is 5.27. The van der Waals surface area contributed by atoms with E-state index in [0.717, 1.165) is 5.56 Å². The summed E-state index contributed by atoms with van der Waals surface area (Å²) < 4.78 is 15.2.